The zero-order chi connectivity index (χ0) is 19.7. The fourth-order valence-corrected chi connectivity index (χ4v) is 2.65. The summed E-state index contributed by atoms with van der Waals surface area (Å²) in [5.41, 5.74) is 7.61. The lowest BCUT2D eigenvalue weighted by atomic mass is 9.93. The maximum absolute atomic E-state index is 11.4. The van der Waals surface area contributed by atoms with Crippen LogP contribution in [0, 0.1) is 20.8 Å². The van der Waals surface area contributed by atoms with Crippen molar-refractivity contribution >= 4 is 12.0 Å². The lowest BCUT2D eigenvalue weighted by Gasteiger charge is -2.13. The van der Waals surface area contributed by atoms with E-state index < -0.39 is 0 Å². The third-order valence-electron chi connectivity index (χ3n) is 4.30. The summed E-state index contributed by atoms with van der Waals surface area (Å²) in [7, 11) is 0. The Bertz CT molecular complexity index is 762. The quantitative estimate of drug-likeness (QED) is 0.419. The van der Waals surface area contributed by atoms with E-state index in [4.69, 9.17) is 4.74 Å². The number of carbonyl (C=O) groups is 1. The highest BCUT2D eigenvalue weighted by atomic mass is 16.5. The molecule has 0 radical (unpaired) electrons. The predicted octanol–water partition coefficient (Wildman–Crippen LogP) is 5.13. The minimum Gasteiger partial charge on any atom is -0.463 e. The number of aliphatic hydroxyl groups excluding tert-OH is 1. The largest absolute Gasteiger partial charge is 0.463 e. The van der Waals surface area contributed by atoms with Crippen molar-refractivity contribution in [3.05, 3.63) is 75.4 Å². The summed E-state index contributed by atoms with van der Waals surface area (Å²) in [6.07, 6.45) is 11.5. The van der Waals surface area contributed by atoms with Gasteiger partial charge in [-0.15, -0.1) is 0 Å². The molecule has 0 saturated carbocycles. The molecule has 140 valence electrons. The molecule has 0 aliphatic carbocycles. The molecule has 0 aromatic heterocycles. The minimum atomic E-state index is -0.317. The number of aryl methyl sites for hydroxylation is 1. The van der Waals surface area contributed by atoms with Crippen LogP contribution < -0.4 is 0 Å². The zero-order valence-electron chi connectivity index (χ0n) is 16.7. The number of rotatable bonds is 7. The first-order chi connectivity index (χ1) is 12.3. The molecule has 0 fully saturated rings. The van der Waals surface area contributed by atoms with Crippen LogP contribution in [0.3, 0.4) is 0 Å². The first-order valence-corrected chi connectivity index (χ1v) is 8.88. The molecule has 26 heavy (non-hydrogen) atoms. The summed E-state index contributed by atoms with van der Waals surface area (Å²) in [6.45, 7) is 12.3. The van der Waals surface area contributed by atoms with E-state index in [1.54, 1.807) is 6.92 Å². The molecule has 0 atom stereocenters. The van der Waals surface area contributed by atoms with Gasteiger partial charge in [0.2, 0.25) is 0 Å². The number of esters is 1. The number of allylic oxidation sites excluding steroid dienone is 6. The molecular formula is C23H30O3. The van der Waals surface area contributed by atoms with E-state index in [1.807, 2.05) is 45.1 Å². The van der Waals surface area contributed by atoms with Gasteiger partial charge in [0.15, 0.2) is 0 Å². The van der Waals surface area contributed by atoms with Crippen LogP contribution in [0.1, 0.15) is 48.6 Å². The van der Waals surface area contributed by atoms with Gasteiger partial charge in [0.05, 0.1) is 13.2 Å². The molecule has 0 aliphatic rings. The summed E-state index contributed by atoms with van der Waals surface area (Å²) in [6, 6.07) is 2.05. The molecule has 0 amide bonds. The maximum atomic E-state index is 11.4. The van der Waals surface area contributed by atoms with E-state index >= 15 is 0 Å². The summed E-state index contributed by atoms with van der Waals surface area (Å²) < 4.78 is 4.88. The van der Waals surface area contributed by atoms with Gasteiger partial charge in [0, 0.05) is 6.08 Å². The van der Waals surface area contributed by atoms with Crippen LogP contribution in [-0.2, 0) is 16.1 Å². The van der Waals surface area contributed by atoms with E-state index in [0.717, 1.165) is 27.8 Å². The van der Waals surface area contributed by atoms with E-state index in [-0.39, 0.29) is 12.6 Å². The highest BCUT2D eigenvalue weighted by Crippen LogP contribution is 2.23. The molecule has 0 saturated heterocycles. The monoisotopic (exact) mass is 354 g/mol. The average Bonchev–Trinajstić information content (AvgIpc) is 2.58. The van der Waals surface area contributed by atoms with Crippen molar-refractivity contribution in [1.29, 1.82) is 0 Å². The molecule has 1 N–H and O–H groups in total. The number of carbonyl (C=O) groups excluding carboxylic acids is 1. The fraction of sp³-hybridized carbons (Fsp3) is 0.348. The number of benzene rings is 1. The predicted molar refractivity (Wildman–Crippen MR) is 109 cm³/mol. The fourth-order valence-electron chi connectivity index (χ4n) is 2.65. The van der Waals surface area contributed by atoms with Crippen molar-refractivity contribution in [3.8, 4) is 0 Å². The normalized spacial score (nSPS) is 13.0. The van der Waals surface area contributed by atoms with Gasteiger partial charge in [0.1, 0.15) is 0 Å². The van der Waals surface area contributed by atoms with Crippen LogP contribution in [0.4, 0.5) is 0 Å². The second-order valence-electron chi connectivity index (χ2n) is 6.42. The number of ether oxygens (including phenoxy) is 1. The molecule has 0 heterocycles. The molecule has 0 aliphatic heterocycles. The number of hydrogen-bond donors (Lipinski definition) is 1. The van der Waals surface area contributed by atoms with Crippen LogP contribution in [0.2, 0.25) is 0 Å². The van der Waals surface area contributed by atoms with Crippen LogP contribution in [0.5, 0.6) is 0 Å². The van der Waals surface area contributed by atoms with Gasteiger partial charge in [-0.1, -0.05) is 42.0 Å². The molecule has 1 aromatic rings. The van der Waals surface area contributed by atoms with Crippen LogP contribution in [0.25, 0.3) is 6.08 Å². The van der Waals surface area contributed by atoms with Crippen LogP contribution in [-0.4, -0.2) is 17.7 Å². The maximum Gasteiger partial charge on any atom is 0.330 e. The molecular weight excluding hydrogens is 324 g/mol. The van der Waals surface area contributed by atoms with Crippen molar-refractivity contribution in [2.24, 2.45) is 0 Å². The Hall–Kier alpha value is -2.39. The lowest BCUT2D eigenvalue weighted by molar-refractivity contribution is -0.137. The first-order valence-electron chi connectivity index (χ1n) is 8.88. The van der Waals surface area contributed by atoms with Gasteiger partial charge in [-0.05, 0) is 74.9 Å². The Morgan fingerprint density at radius 3 is 2.42 bits per heavy atom. The Morgan fingerprint density at radius 2 is 1.81 bits per heavy atom. The van der Waals surface area contributed by atoms with Crippen molar-refractivity contribution in [3.63, 3.8) is 0 Å². The molecule has 0 spiro atoms. The molecule has 0 bridgehead atoms. The second-order valence-corrected chi connectivity index (χ2v) is 6.42. The SMILES string of the molecule is CCOC(=O)/C=C(C)/C=C/C=C(C)/C=C/c1c(C)cc(CO)c(C)c1C. The van der Waals surface area contributed by atoms with E-state index in [0.29, 0.717) is 6.61 Å². The van der Waals surface area contributed by atoms with Crippen LogP contribution in [0.15, 0.2) is 47.6 Å². The Balaban J connectivity index is 2.89. The van der Waals surface area contributed by atoms with Crippen molar-refractivity contribution in [2.75, 3.05) is 6.61 Å². The molecule has 1 rings (SSSR count). The molecule has 1 aromatic carbocycles. The summed E-state index contributed by atoms with van der Waals surface area (Å²) >= 11 is 0. The average molecular weight is 354 g/mol. The standard InChI is InChI=1S/C23H30O3/c1-7-26-23(25)13-17(3)10-8-9-16(2)11-12-22-18(4)14-21(15-24)19(5)20(22)6/h8-14,24H,7,15H2,1-6H3/b10-8+,12-11+,16-9+,17-13+. The van der Waals surface area contributed by atoms with Crippen molar-refractivity contribution < 1.29 is 14.6 Å². The highest BCUT2D eigenvalue weighted by Gasteiger charge is 2.07. The van der Waals surface area contributed by atoms with Crippen LogP contribution >= 0.6 is 0 Å². The van der Waals surface area contributed by atoms with Gasteiger partial charge in [0.25, 0.3) is 0 Å². The highest BCUT2D eigenvalue weighted by molar-refractivity contribution is 5.83. The molecule has 3 heteroatoms. The van der Waals surface area contributed by atoms with Gasteiger partial charge >= 0.3 is 5.97 Å². The van der Waals surface area contributed by atoms with Gasteiger partial charge in [-0.2, -0.15) is 0 Å². The van der Waals surface area contributed by atoms with Crippen molar-refractivity contribution in [2.45, 2.75) is 48.1 Å². The number of hydrogen-bond acceptors (Lipinski definition) is 3. The first kappa shape index (κ1) is 21.7. The van der Waals surface area contributed by atoms with Crippen molar-refractivity contribution in [1.82, 2.24) is 0 Å². The van der Waals surface area contributed by atoms with E-state index in [1.165, 1.54) is 17.2 Å². The topological polar surface area (TPSA) is 46.5 Å². The van der Waals surface area contributed by atoms with E-state index in [9.17, 15) is 9.90 Å². The summed E-state index contributed by atoms with van der Waals surface area (Å²) in [4.78, 5) is 11.4. The molecule has 3 nitrogen and oxygen atoms in total. The number of aliphatic hydroxyl groups is 1. The zero-order valence-corrected chi connectivity index (χ0v) is 16.7. The Morgan fingerprint density at radius 1 is 1.12 bits per heavy atom. The summed E-state index contributed by atoms with van der Waals surface area (Å²) in [5.74, 6) is -0.317. The second kappa shape index (κ2) is 10.6. The lowest BCUT2D eigenvalue weighted by Crippen LogP contribution is -1.99. The third kappa shape index (κ3) is 6.49. The summed E-state index contributed by atoms with van der Waals surface area (Å²) in [5, 5.41) is 9.43. The molecule has 0 unspecified atom stereocenters. The smallest absolute Gasteiger partial charge is 0.330 e. The van der Waals surface area contributed by atoms with E-state index in [2.05, 4.69) is 26.0 Å². The van der Waals surface area contributed by atoms with Gasteiger partial charge in [-0.25, -0.2) is 4.79 Å². The van der Waals surface area contributed by atoms with Gasteiger partial charge < -0.3 is 9.84 Å². The Kier molecular flexibility index (Phi) is 8.80. The van der Waals surface area contributed by atoms with Gasteiger partial charge in [-0.3, -0.25) is 0 Å². The minimum absolute atomic E-state index is 0.0693. The third-order valence-corrected chi connectivity index (χ3v) is 4.30. The Labute approximate surface area is 157 Å².